The summed E-state index contributed by atoms with van der Waals surface area (Å²) < 4.78 is 15.7. The largest absolute Gasteiger partial charge is 0.482 e. The van der Waals surface area contributed by atoms with E-state index in [0.717, 1.165) is 10.9 Å². The quantitative estimate of drug-likeness (QED) is 0.303. The molecule has 0 saturated carbocycles. The van der Waals surface area contributed by atoms with Crippen molar-refractivity contribution >= 4 is 22.7 Å². The molecule has 6 nitrogen and oxygen atoms in total. The van der Waals surface area contributed by atoms with Gasteiger partial charge in [-0.3, -0.25) is 4.79 Å². The Bertz CT molecular complexity index is 1030. The first-order valence-electron chi connectivity index (χ1n) is 7.91. The summed E-state index contributed by atoms with van der Waals surface area (Å²) in [6.07, 6.45) is 0. The second-order valence-electron chi connectivity index (χ2n) is 5.75. The lowest BCUT2D eigenvalue weighted by Gasteiger charge is -2.08. The molecule has 0 fully saturated rings. The van der Waals surface area contributed by atoms with Gasteiger partial charge in [-0.15, -0.1) is 0 Å². The van der Waals surface area contributed by atoms with Gasteiger partial charge in [-0.1, -0.05) is 0 Å². The van der Waals surface area contributed by atoms with Crippen LogP contribution >= 0.6 is 0 Å². The van der Waals surface area contributed by atoms with E-state index in [1.54, 1.807) is 43.3 Å². The van der Waals surface area contributed by atoms with Crippen molar-refractivity contribution in [2.75, 3.05) is 6.61 Å². The van der Waals surface area contributed by atoms with Crippen molar-refractivity contribution in [2.45, 2.75) is 13.8 Å². The minimum absolute atomic E-state index is 0.0471. The Kier molecular flexibility index (Phi) is 4.84. The molecule has 0 spiro atoms. The third kappa shape index (κ3) is 3.97. The third-order valence-corrected chi connectivity index (χ3v) is 3.77. The summed E-state index contributed by atoms with van der Waals surface area (Å²) in [5.41, 5.74) is 1.23. The average Bonchev–Trinajstić information content (AvgIpc) is 2.60. The molecule has 3 aromatic rings. The lowest BCUT2D eigenvalue weighted by atomic mass is 10.1. The van der Waals surface area contributed by atoms with Gasteiger partial charge in [0.25, 0.3) is 0 Å². The molecule has 132 valence electrons. The first-order valence-corrected chi connectivity index (χ1v) is 7.91. The monoisotopic (exact) mass is 352 g/mol. The molecule has 1 aromatic heterocycles. The normalized spacial score (nSPS) is 10.5. The lowest BCUT2D eigenvalue weighted by molar-refractivity contribution is -0.136. The zero-order valence-electron chi connectivity index (χ0n) is 14.3. The minimum atomic E-state index is -0.602. The lowest BCUT2D eigenvalue weighted by Crippen LogP contribution is -2.17. The van der Waals surface area contributed by atoms with Crippen LogP contribution in [0.2, 0.25) is 0 Å². The average molecular weight is 352 g/mol. The summed E-state index contributed by atoms with van der Waals surface area (Å²) in [6, 6.07) is 12.7. The summed E-state index contributed by atoms with van der Waals surface area (Å²) in [5, 5.41) is 0.770. The Hall–Kier alpha value is -3.41. The van der Waals surface area contributed by atoms with E-state index in [4.69, 9.17) is 13.9 Å². The maximum atomic E-state index is 11.9. The molecule has 0 aliphatic heterocycles. The van der Waals surface area contributed by atoms with Crippen LogP contribution in [-0.2, 0) is 4.79 Å². The molecule has 0 unspecified atom stereocenters. The fourth-order valence-corrected chi connectivity index (χ4v) is 2.46. The minimum Gasteiger partial charge on any atom is -0.482 e. The number of hydrogen-bond acceptors (Lipinski definition) is 6. The predicted octanol–water partition coefficient (Wildman–Crippen LogP) is 3.29. The first kappa shape index (κ1) is 17.4. The molecular formula is C20H16O6. The second kappa shape index (κ2) is 7.23. The highest BCUT2D eigenvalue weighted by atomic mass is 16.6. The van der Waals surface area contributed by atoms with Gasteiger partial charge in [0.15, 0.2) is 12.4 Å². The van der Waals surface area contributed by atoms with Gasteiger partial charge in [-0.2, -0.15) is 0 Å². The van der Waals surface area contributed by atoms with E-state index in [1.807, 2.05) is 0 Å². The number of ketones is 1. The topological polar surface area (TPSA) is 82.8 Å². The zero-order valence-corrected chi connectivity index (χ0v) is 14.3. The molecule has 26 heavy (non-hydrogen) atoms. The molecule has 0 aliphatic rings. The van der Waals surface area contributed by atoms with Crippen molar-refractivity contribution in [1.29, 1.82) is 0 Å². The molecule has 0 bridgehead atoms. The number of benzene rings is 2. The van der Waals surface area contributed by atoms with E-state index in [9.17, 15) is 14.4 Å². The highest BCUT2D eigenvalue weighted by Gasteiger charge is 2.09. The number of esters is 1. The van der Waals surface area contributed by atoms with Crippen molar-refractivity contribution in [3.05, 3.63) is 70.1 Å². The molecule has 1 heterocycles. The summed E-state index contributed by atoms with van der Waals surface area (Å²) in [5.74, 6) is 0.0583. The number of carbonyl (C=O) groups is 2. The van der Waals surface area contributed by atoms with Gasteiger partial charge in [0.2, 0.25) is 0 Å². The van der Waals surface area contributed by atoms with Gasteiger partial charge in [0.05, 0.1) is 0 Å². The van der Waals surface area contributed by atoms with Crippen LogP contribution in [0.25, 0.3) is 11.0 Å². The molecule has 6 heteroatoms. The van der Waals surface area contributed by atoms with Crippen LogP contribution in [0.5, 0.6) is 11.5 Å². The maximum Gasteiger partial charge on any atom is 0.349 e. The van der Waals surface area contributed by atoms with Crippen molar-refractivity contribution in [3.8, 4) is 11.5 Å². The highest BCUT2D eigenvalue weighted by molar-refractivity contribution is 5.94. The Morgan fingerprint density at radius 1 is 1.00 bits per heavy atom. The second-order valence-corrected chi connectivity index (χ2v) is 5.75. The van der Waals surface area contributed by atoms with Crippen LogP contribution in [-0.4, -0.2) is 18.4 Å². The number of ether oxygens (including phenoxy) is 2. The summed E-state index contributed by atoms with van der Waals surface area (Å²) in [6.45, 7) is 2.98. The van der Waals surface area contributed by atoms with E-state index < -0.39 is 11.6 Å². The van der Waals surface area contributed by atoms with E-state index in [1.165, 1.54) is 19.1 Å². The van der Waals surface area contributed by atoms with Crippen LogP contribution < -0.4 is 15.1 Å². The number of carbonyl (C=O) groups excluding carboxylic acids is 2. The number of rotatable bonds is 5. The molecule has 0 amide bonds. The van der Waals surface area contributed by atoms with E-state index >= 15 is 0 Å². The summed E-state index contributed by atoms with van der Waals surface area (Å²) >= 11 is 0. The van der Waals surface area contributed by atoms with Gasteiger partial charge < -0.3 is 13.9 Å². The Morgan fingerprint density at radius 2 is 1.69 bits per heavy atom. The molecule has 2 aromatic carbocycles. The van der Waals surface area contributed by atoms with Crippen LogP contribution in [0.4, 0.5) is 0 Å². The van der Waals surface area contributed by atoms with Gasteiger partial charge in [-0.25, -0.2) is 9.59 Å². The fourth-order valence-electron chi connectivity index (χ4n) is 2.46. The van der Waals surface area contributed by atoms with Crippen LogP contribution in [0.1, 0.15) is 22.8 Å². The standard InChI is InChI=1S/C20H16O6/c1-12-9-19(22)26-18-10-16(7-8-17(12)18)25-20(23)11-24-15-5-3-14(4-6-15)13(2)21/h3-10H,11H2,1-2H3. The molecule has 0 aliphatic carbocycles. The van der Waals surface area contributed by atoms with Crippen LogP contribution in [0.15, 0.2) is 57.7 Å². The zero-order chi connectivity index (χ0) is 18.7. The summed E-state index contributed by atoms with van der Waals surface area (Å²) in [4.78, 5) is 34.6. The van der Waals surface area contributed by atoms with Gasteiger partial charge in [-0.05, 0) is 55.8 Å². The number of Topliss-reactive ketones (excluding diaryl/α,β-unsaturated/α-hetero) is 1. The van der Waals surface area contributed by atoms with Crippen molar-refractivity contribution < 1.29 is 23.5 Å². The Balaban J connectivity index is 1.65. The Morgan fingerprint density at radius 3 is 2.38 bits per heavy atom. The van der Waals surface area contributed by atoms with Gasteiger partial charge >= 0.3 is 11.6 Å². The highest BCUT2D eigenvalue weighted by Crippen LogP contribution is 2.22. The van der Waals surface area contributed by atoms with Crippen LogP contribution in [0, 0.1) is 6.92 Å². The molecule has 0 saturated heterocycles. The number of hydrogen-bond donors (Lipinski definition) is 0. The Labute approximate surface area is 149 Å². The fraction of sp³-hybridized carbons (Fsp3) is 0.150. The third-order valence-electron chi connectivity index (χ3n) is 3.77. The summed E-state index contributed by atoms with van der Waals surface area (Å²) in [7, 11) is 0. The van der Waals surface area contributed by atoms with Crippen LogP contribution in [0.3, 0.4) is 0 Å². The SMILES string of the molecule is CC(=O)c1ccc(OCC(=O)Oc2ccc3c(C)cc(=O)oc3c2)cc1. The predicted molar refractivity (Wildman–Crippen MR) is 94.8 cm³/mol. The number of fused-ring (bicyclic) bond motifs is 1. The first-order chi connectivity index (χ1) is 12.4. The van der Waals surface area contributed by atoms with Crippen molar-refractivity contribution in [2.24, 2.45) is 0 Å². The molecule has 0 radical (unpaired) electrons. The smallest absolute Gasteiger partial charge is 0.349 e. The maximum absolute atomic E-state index is 11.9. The molecule has 0 N–H and O–H groups in total. The molecule has 0 atom stereocenters. The van der Waals surface area contributed by atoms with Crippen molar-refractivity contribution in [1.82, 2.24) is 0 Å². The van der Waals surface area contributed by atoms with Crippen molar-refractivity contribution in [3.63, 3.8) is 0 Å². The number of aryl methyl sites for hydroxylation is 1. The molecule has 3 rings (SSSR count). The van der Waals surface area contributed by atoms with Gasteiger partial charge in [0.1, 0.15) is 17.1 Å². The van der Waals surface area contributed by atoms with E-state index in [-0.39, 0.29) is 18.1 Å². The molecular weight excluding hydrogens is 336 g/mol. The van der Waals surface area contributed by atoms with E-state index in [0.29, 0.717) is 16.9 Å². The van der Waals surface area contributed by atoms with E-state index in [2.05, 4.69) is 0 Å². The van der Waals surface area contributed by atoms with Gasteiger partial charge in [0, 0.05) is 23.1 Å².